The van der Waals surface area contributed by atoms with Crippen molar-refractivity contribution >= 4 is 11.8 Å². The third-order valence-corrected chi connectivity index (χ3v) is 3.98. The van der Waals surface area contributed by atoms with Gasteiger partial charge in [0.05, 0.1) is 0 Å². The van der Waals surface area contributed by atoms with Gasteiger partial charge >= 0.3 is 0 Å². The average Bonchev–Trinajstić information content (AvgIpc) is 2.41. The lowest BCUT2D eigenvalue weighted by Crippen LogP contribution is -2.13. The van der Waals surface area contributed by atoms with Crippen LogP contribution < -0.4 is 5.32 Å². The molecule has 0 saturated carbocycles. The van der Waals surface area contributed by atoms with Crippen LogP contribution in [0.4, 0.5) is 0 Å². The van der Waals surface area contributed by atoms with E-state index in [0.29, 0.717) is 6.04 Å². The Morgan fingerprint density at radius 1 is 1.17 bits per heavy atom. The van der Waals surface area contributed by atoms with E-state index >= 15 is 0 Å². The molecule has 0 amide bonds. The molecule has 0 radical (unpaired) electrons. The van der Waals surface area contributed by atoms with Gasteiger partial charge in [-0.2, -0.15) is 0 Å². The molecule has 0 bridgehead atoms. The first kappa shape index (κ1) is 13.1. The van der Waals surface area contributed by atoms with Gasteiger partial charge in [0.25, 0.3) is 0 Å². The van der Waals surface area contributed by atoms with Crippen molar-refractivity contribution in [3.8, 4) is 0 Å². The van der Waals surface area contributed by atoms with Crippen molar-refractivity contribution < 1.29 is 0 Å². The largest absolute Gasteiger partial charge is 0.313 e. The Bertz CT molecular complexity index is 508. The van der Waals surface area contributed by atoms with Gasteiger partial charge in [0.2, 0.25) is 0 Å². The van der Waals surface area contributed by atoms with Gasteiger partial charge < -0.3 is 5.32 Å². The van der Waals surface area contributed by atoms with Crippen molar-refractivity contribution in [2.45, 2.75) is 29.8 Å². The lowest BCUT2D eigenvalue weighted by atomic mass is 10.1. The van der Waals surface area contributed by atoms with Crippen molar-refractivity contribution in [2.75, 3.05) is 7.05 Å². The minimum atomic E-state index is 0.312. The lowest BCUT2D eigenvalue weighted by Gasteiger charge is -2.14. The molecular weight excluding hydrogens is 240 g/mol. The van der Waals surface area contributed by atoms with E-state index in [1.807, 2.05) is 19.3 Å². The molecule has 1 aromatic heterocycles. The van der Waals surface area contributed by atoms with Gasteiger partial charge in [-0.25, -0.2) is 4.98 Å². The Kier molecular flexibility index (Phi) is 4.39. The quantitative estimate of drug-likeness (QED) is 0.902. The van der Waals surface area contributed by atoms with Crippen LogP contribution in [0.25, 0.3) is 0 Å². The molecule has 3 heteroatoms. The summed E-state index contributed by atoms with van der Waals surface area (Å²) in [4.78, 5) is 5.71. The predicted molar refractivity (Wildman–Crippen MR) is 77.0 cm³/mol. The smallest absolute Gasteiger partial charge is 0.105 e. The number of nitrogens with one attached hydrogen (secondary N) is 1. The van der Waals surface area contributed by atoms with E-state index in [1.165, 1.54) is 16.0 Å². The monoisotopic (exact) mass is 258 g/mol. The summed E-state index contributed by atoms with van der Waals surface area (Å²) in [5.41, 5.74) is 2.52. The second-order valence-corrected chi connectivity index (χ2v) is 5.39. The molecule has 1 unspecified atom stereocenters. The SMILES string of the molecule is CNC(C)c1cccnc1Sc1ccc(C)cc1. The Morgan fingerprint density at radius 2 is 1.89 bits per heavy atom. The summed E-state index contributed by atoms with van der Waals surface area (Å²) in [7, 11) is 1.97. The number of aromatic nitrogens is 1. The zero-order valence-electron chi connectivity index (χ0n) is 11.0. The van der Waals surface area contributed by atoms with Crippen LogP contribution in [0.1, 0.15) is 24.1 Å². The van der Waals surface area contributed by atoms with Crippen LogP contribution >= 0.6 is 11.8 Å². The molecule has 0 saturated heterocycles. The van der Waals surface area contributed by atoms with Crippen LogP contribution in [0, 0.1) is 6.92 Å². The maximum absolute atomic E-state index is 4.49. The van der Waals surface area contributed by atoms with E-state index in [4.69, 9.17) is 0 Å². The Balaban J connectivity index is 2.26. The van der Waals surface area contributed by atoms with Crippen molar-refractivity contribution in [1.29, 1.82) is 0 Å². The van der Waals surface area contributed by atoms with Crippen LogP contribution in [0.3, 0.4) is 0 Å². The third-order valence-electron chi connectivity index (χ3n) is 2.94. The Hall–Kier alpha value is -1.32. The topological polar surface area (TPSA) is 24.9 Å². The van der Waals surface area contributed by atoms with Crippen LogP contribution in [-0.2, 0) is 0 Å². The molecule has 18 heavy (non-hydrogen) atoms. The van der Waals surface area contributed by atoms with E-state index in [2.05, 4.69) is 54.5 Å². The van der Waals surface area contributed by atoms with E-state index in [1.54, 1.807) is 11.8 Å². The van der Waals surface area contributed by atoms with Crippen molar-refractivity contribution in [2.24, 2.45) is 0 Å². The fourth-order valence-corrected chi connectivity index (χ4v) is 2.66. The first-order valence-electron chi connectivity index (χ1n) is 6.07. The van der Waals surface area contributed by atoms with Crippen LogP contribution in [0.2, 0.25) is 0 Å². The highest BCUT2D eigenvalue weighted by Crippen LogP contribution is 2.31. The molecule has 0 aliphatic rings. The number of aryl methyl sites for hydroxylation is 1. The highest BCUT2D eigenvalue weighted by molar-refractivity contribution is 7.99. The van der Waals surface area contributed by atoms with Gasteiger partial charge in [-0.3, -0.25) is 0 Å². The minimum Gasteiger partial charge on any atom is -0.313 e. The Morgan fingerprint density at radius 3 is 2.56 bits per heavy atom. The van der Waals surface area contributed by atoms with Gasteiger partial charge in [-0.15, -0.1) is 0 Å². The van der Waals surface area contributed by atoms with Gasteiger partial charge in [0, 0.05) is 22.7 Å². The Labute approximate surface area is 113 Å². The highest BCUT2D eigenvalue weighted by Gasteiger charge is 2.10. The van der Waals surface area contributed by atoms with E-state index in [0.717, 1.165) is 5.03 Å². The maximum atomic E-state index is 4.49. The number of nitrogens with zero attached hydrogens (tertiary/aromatic N) is 1. The third kappa shape index (κ3) is 3.12. The summed E-state index contributed by atoms with van der Waals surface area (Å²) in [5, 5.41) is 4.34. The fourth-order valence-electron chi connectivity index (χ4n) is 1.69. The molecule has 0 aliphatic carbocycles. The van der Waals surface area contributed by atoms with Crippen LogP contribution in [0.15, 0.2) is 52.5 Å². The maximum Gasteiger partial charge on any atom is 0.105 e. The van der Waals surface area contributed by atoms with Crippen LogP contribution in [-0.4, -0.2) is 12.0 Å². The van der Waals surface area contributed by atoms with Crippen LogP contribution in [0.5, 0.6) is 0 Å². The van der Waals surface area contributed by atoms with Crippen molar-refractivity contribution in [3.63, 3.8) is 0 Å². The molecule has 1 aromatic carbocycles. The molecule has 2 aromatic rings. The number of hydrogen-bond donors (Lipinski definition) is 1. The standard InChI is InChI=1S/C15H18N2S/c1-11-6-8-13(9-7-11)18-15-14(12(2)16-3)5-4-10-17-15/h4-10,12,16H,1-3H3. The zero-order valence-corrected chi connectivity index (χ0v) is 11.8. The normalized spacial score (nSPS) is 12.4. The summed E-state index contributed by atoms with van der Waals surface area (Å²) >= 11 is 1.72. The average molecular weight is 258 g/mol. The van der Waals surface area contributed by atoms with Gasteiger partial charge in [-0.1, -0.05) is 35.5 Å². The predicted octanol–water partition coefficient (Wildman–Crippen LogP) is 3.82. The van der Waals surface area contributed by atoms with Gasteiger partial charge in [0.1, 0.15) is 5.03 Å². The summed E-state index contributed by atoms with van der Waals surface area (Å²) in [6.45, 7) is 4.25. The number of benzene rings is 1. The minimum absolute atomic E-state index is 0.312. The molecular formula is C15H18N2S. The van der Waals surface area contributed by atoms with Gasteiger partial charge in [0.15, 0.2) is 0 Å². The number of hydrogen-bond acceptors (Lipinski definition) is 3. The zero-order chi connectivity index (χ0) is 13.0. The molecule has 0 spiro atoms. The summed E-state index contributed by atoms with van der Waals surface area (Å²) in [6, 6.07) is 13.0. The van der Waals surface area contributed by atoms with Crippen molar-refractivity contribution in [1.82, 2.24) is 10.3 Å². The summed E-state index contributed by atoms with van der Waals surface area (Å²) < 4.78 is 0. The molecule has 0 aliphatic heterocycles. The first-order chi connectivity index (χ1) is 8.70. The van der Waals surface area contributed by atoms with E-state index in [9.17, 15) is 0 Å². The lowest BCUT2D eigenvalue weighted by molar-refractivity contribution is 0.634. The fraction of sp³-hybridized carbons (Fsp3) is 0.267. The van der Waals surface area contributed by atoms with E-state index in [-0.39, 0.29) is 0 Å². The molecule has 2 rings (SSSR count). The first-order valence-corrected chi connectivity index (χ1v) is 6.89. The molecule has 1 heterocycles. The molecule has 1 N–H and O–H groups in total. The second-order valence-electron chi connectivity index (χ2n) is 4.32. The van der Waals surface area contributed by atoms with Crippen molar-refractivity contribution in [3.05, 3.63) is 53.7 Å². The second kappa shape index (κ2) is 6.03. The summed E-state index contributed by atoms with van der Waals surface area (Å²) in [6.07, 6.45) is 1.85. The molecule has 0 fully saturated rings. The molecule has 2 nitrogen and oxygen atoms in total. The number of pyridine rings is 1. The molecule has 1 atom stereocenters. The van der Waals surface area contributed by atoms with Gasteiger partial charge in [-0.05, 0) is 39.1 Å². The number of rotatable bonds is 4. The van der Waals surface area contributed by atoms with E-state index < -0.39 is 0 Å². The molecule has 94 valence electrons. The summed E-state index contributed by atoms with van der Waals surface area (Å²) in [5.74, 6) is 0. The highest BCUT2D eigenvalue weighted by atomic mass is 32.2.